The van der Waals surface area contributed by atoms with E-state index in [1.54, 1.807) is 0 Å². The molecule has 0 aliphatic rings. The standard InChI is InChI=1S/C12H25NO/c1-5-7-11(6-2)8-9-12(14)13-10(3)4/h10-11H,5-9H2,1-4H3,(H,13,14). The summed E-state index contributed by atoms with van der Waals surface area (Å²) in [5.74, 6) is 0.937. The molecule has 2 heteroatoms. The Kier molecular flexibility index (Phi) is 7.54. The summed E-state index contributed by atoms with van der Waals surface area (Å²) in [6.07, 6.45) is 5.41. The van der Waals surface area contributed by atoms with E-state index in [-0.39, 0.29) is 11.9 Å². The number of carbonyl (C=O) groups is 1. The number of carbonyl (C=O) groups excluding carboxylic acids is 1. The average Bonchev–Trinajstić information content (AvgIpc) is 2.11. The maximum atomic E-state index is 11.4. The van der Waals surface area contributed by atoms with Gasteiger partial charge in [0.2, 0.25) is 5.91 Å². The molecule has 0 radical (unpaired) electrons. The fourth-order valence-corrected chi connectivity index (χ4v) is 1.69. The summed E-state index contributed by atoms with van der Waals surface area (Å²) in [6, 6.07) is 0.272. The topological polar surface area (TPSA) is 29.1 Å². The van der Waals surface area contributed by atoms with E-state index < -0.39 is 0 Å². The monoisotopic (exact) mass is 199 g/mol. The van der Waals surface area contributed by atoms with Crippen molar-refractivity contribution in [3.8, 4) is 0 Å². The fourth-order valence-electron chi connectivity index (χ4n) is 1.69. The van der Waals surface area contributed by atoms with Gasteiger partial charge in [-0.05, 0) is 26.2 Å². The first kappa shape index (κ1) is 13.5. The second-order valence-corrected chi connectivity index (χ2v) is 4.32. The quantitative estimate of drug-likeness (QED) is 0.670. The second kappa shape index (κ2) is 7.84. The molecular formula is C12H25NO. The molecule has 1 atom stereocenters. The Bertz CT molecular complexity index is 154. The van der Waals surface area contributed by atoms with Gasteiger partial charge in [-0.3, -0.25) is 4.79 Å². The summed E-state index contributed by atoms with van der Waals surface area (Å²) < 4.78 is 0. The first-order valence-electron chi connectivity index (χ1n) is 5.89. The Morgan fingerprint density at radius 2 is 1.86 bits per heavy atom. The predicted octanol–water partition coefficient (Wildman–Crippen LogP) is 3.12. The van der Waals surface area contributed by atoms with Crippen molar-refractivity contribution >= 4 is 5.91 Å². The molecule has 0 bridgehead atoms. The number of hydrogen-bond donors (Lipinski definition) is 1. The number of rotatable bonds is 7. The third-order valence-electron chi connectivity index (χ3n) is 2.50. The molecule has 0 saturated carbocycles. The molecule has 0 saturated heterocycles. The van der Waals surface area contributed by atoms with Crippen LogP contribution in [0, 0.1) is 5.92 Å². The molecule has 2 nitrogen and oxygen atoms in total. The van der Waals surface area contributed by atoms with Crippen LogP contribution in [0.15, 0.2) is 0 Å². The highest BCUT2D eigenvalue weighted by Gasteiger charge is 2.09. The van der Waals surface area contributed by atoms with Crippen molar-refractivity contribution in [2.24, 2.45) is 5.92 Å². The van der Waals surface area contributed by atoms with Crippen molar-refractivity contribution in [3.05, 3.63) is 0 Å². The van der Waals surface area contributed by atoms with Crippen LogP contribution < -0.4 is 5.32 Å². The van der Waals surface area contributed by atoms with E-state index in [2.05, 4.69) is 19.2 Å². The maximum absolute atomic E-state index is 11.4. The van der Waals surface area contributed by atoms with Gasteiger partial charge >= 0.3 is 0 Å². The third-order valence-corrected chi connectivity index (χ3v) is 2.50. The summed E-state index contributed by atoms with van der Waals surface area (Å²) in [7, 11) is 0. The molecule has 0 aromatic carbocycles. The van der Waals surface area contributed by atoms with Crippen LogP contribution >= 0.6 is 0 Å². The van der Waals surface area contributed by atoms with Gasteiger partial charge in [-0.25, -0.2) is 0 Å². The Balaban J connectivity index is 3.62. The summed E-state index contributed by atoms with van der Waals surface area (Å²) in [6.45, 7) is 8.42. The lowest BCUT2D eigenvalue weighted by atomic mass is 9.95. The molecule has 0 aliphatic carbocycles. The van der Waals surface area contributed by atoms with Crippen LogP contribution in [-0.2, 0) is 4.79 Å². The molecule has 0 spiro atoms. The van der Waals surface area contributed by atoms with E-state index in [1.165, 1.54) is 19.3 Å². The maximum Gasteiger partial charge on any atom is 0.220 e. The van der Waals surface area contributed by atoms with Crippen LogP contribution in [0.2, 0.25) is 0 Å². The zero-order valence-electron chi connectivity index (χ0n) is 10.1. The van der Waals surface area contributed by atoms with E-state index in [0.717, 1.165) is 12.3 Å². The molecule has 1 amide bonds. The van der Waals surface area contributed by atoms with Crippen LogP contribution in [0.3, 0.4) is 0 Å². The molecule has 0 aliphatic heterocycles. The smallest absolute Gasteiger partial charge is 0.220 e. The van der Waals surface area contributed by atoms with Crippen molar-refractivity contribution < 1.29 is 4.79 Å². The van der Waals surface area contributed by atoms with E-state index in [0.29, 0.717) is 6.42 Å². The van der Waals surface area contributed by atoms with E-state index in [4.69, 9.17) is 0 Å². The highest BCUT2D eigenvalue weighted by Crippen LogP contribution is 2.16. The summed E-state index contributed by atoms with van der Waals surface area (Å²) in [5.41, 5.74) is 0. The van der Waals surface area contributed by atoms with Crippen LogP contribution in [-0.4, -0.2) is 11.9 Å². The predicted molar refractivity (Wildman–Crippen MR) is 61.2 cm³/mol. The Morgan fingerprint density at radius 3 is 2.29 bits per heavy atom. The first-order valence-corrected chi connectivity index (χ1v) is 5.89. The zero-order chi connectivity index (χ0) is 11.0. The summed E-state index contributed by atoms with van der Waals surface area (Å²) >= 11 is 0. The van der Waals surface area contributed by atoms with Gasteiger partial charge in [-0.2, -0.15) is 0 Å². The van der Waals surface area contributed by atoms with Gasteiger partial charge in [0.05, 0.1) is 0 Å². The second-order valence-electron chi connectivity index (χ2n) is 4.32. The van der Waals surface area contributed by atoms with Crippen molar-refractivity contribution in [2.45, 2.75) is 65.8 Å². The van der Waals surface area contributed by atoms with Crippen LogP contribution in [0.1, 0.15) is 59.8 Å². The molecule has 0 heterocycles. The lowest BCUT2D eigenvalue weighted by molar-refractivity contribution is -0.121. The van der Waals surface area contributed by atoms with E-state index in [9.17, 15) is 4.79 Å². The Hall–Kier alpha value is -0.530. The molecular weight excluding hydrogens is 174 g/mol. The first-order chi connectivity index (χ1) is 6.60. The Labute approximate surface area is 88.5 Å². The Morgan fingerprint density at radius 1 is 1.21 bits per heavy atom. The number of nitrogens with one attached hydrogen (secondary N) is 1. The number of hydrogen-bond acceptors (Lipinski definition) is 1. The largest absolute Gasteiger partial charge is 0.354 e. The van der Waals surface area contributed by atoms with E-state index in [1.807, 2.05) is 13.8 Å². The van der Waals surface area contributed by atoms with Crippen molar-refractivity contribution in [3.63, 3.8) is 0 Å². The molecule has 1 unspecified atom stereocenters. The minimum absolute atomic E-state index is 0.203. The average molecular weight is 199 g/mol. The van der Waals surface area contributed by atoms with Gasteiger partial charge in [0.1, 0.15) is 0 Å². The third kappa shape index (κ3) is 6.93. The SMILES string of the molecule is CCCC(CC)CCC(=O)NC(C)C. The van der Waals surface area contributed by atoms with Crippen LogP contribution in [0.5, 0.6) is 0 Å². The van der Waals surface area contributed by atoms with Crippen molar-refractivity contribution in [1.29, 1.82) is 0 Å². The fraction of sp³-hybridized carbons (Fsp3) is 0.917. The van der Waals surface area contributed by atoms with Gasteiger partial charge in [0, 0.05) is 12.5 Å². The van der Waals surface area contributed by atoms with Crippen LogP contribution in [0.25, 0.3) is 0 Å². The van der Waals surface area contributed by atoms with Crippen molar-refractivity contribution in [2.75, 3.05) is 0 Å². The molecule has 1 N–H and O–H groups in total. The van der Waals surface area contributed by atoms with Crippen molar-refractivity contribution in [1.82, 2.24) is 5.32 Å². The molecule has 14 heavy (non-hydrogen) atoms. The minimum atomic E-state index is 0.203. The zero-order valence-corrected chi connectivity index (χ0v) is 10.1. The van der Waals surface area contributed by atoms with Gasteiger partial charge < -0.3 is 5.32 Å². The summed E-state index contributed by atoms with van der Waals surface area (Å²) in [4.78, 5) is 11.4. The van der Waals surface area contributed by atoms with Crippen LogP contribution in [0.4, 0.5) is 0 Å². The highest BCUT2D eigenvalue weighted by atomic mass is 16.1. The number of amides is 1. The molecule has 0 aromatic heterocycles. The highest BCUT2D eigenvalue weighted by molar-refractivity contribution is 5.76. The van der Waals surface area contributed by atoms with E-state index >= 15 is 0 Å². The molecule has 0 fully saturated rings. The minimum Gasteiger partial charge on any atom is -0.354 e. The van der Waals surface area contributed by atoms with Gasteiger partial charge in [0.25, 0.3) is 0 Å². The lowest BCUT2D eigenvalue weighted by Gasteiger charge is -2.14. The van der Waals surface area contributed by atoms with Gasteiger partial charge in [-0.1, -0.05) is 33.1 Å². The molecule has 84 valence electrons. The van der Waals surface area contributed by atoms with Gasteiger partial charge in [-0.15, -0.1) is 0 Å². The molecule has 0 rings (SSSR count). The lowest BCUT2D eigenvalue weighted by Crippen LogP contribution is -2.30. The normalized spacial score (nSPS) is 12.9. The molecule has 0 aromatic rings. The van der Waals surface area contributed by atoms with Gasteiger partial charge in [0.15, 0.2) is 0 Å². The summed E-state index contributed by atoms with van der Waals surface area (Å²) in [5, 5.41) is 2.93.